The van der Waals surface area contributed by atoms with Gasteiger partial charge < -0.3 is 15.1 Å². The molecule has 10 heteroatoms. The molecular weight excluding hydrogens is 500 g/mol. The standard InChI is InChI=1S/C28H34N6O3S/c1-17(2)20-8-9-24(34-15-19(18(34)3)16-38(5,36)37)23-14-30-26(13-22(20)23)31-25-10-11-29-27(32-25)21-7-6-12-33(4)28(21)35/h7-11,13-14,17-19H,6,12,15-16H2,1-5H3,(H,29,30,31,32)/t18-,19-/m1/s1. The van der Waals surface area contributed by atoms with E-state index >= 15 is 0 Å². The van der Waals surface area contributed by atoms with E-state index in [4.69, 9.17) is 4.98 Å². The van der Waals surface area contributed by atoms with Gasteiger partial charge in [0.1, 0.15) is 21.5 Å². The van der Waals surface area contributed by atoms with E-state index in [1.54, 1.807) is 24.2 Å². The van der Waals surface area contributed by atoms with Gasteiger partial charge in [0.2, 0.25) is 0 Å². The zero-order valence-electron chi connectivity index (χ0n) is 22.5. The molecule has 2 atom stereocenters. The Labute approximate surface area is 223 Å². The van der Waals surface area contributed by atoms with E-state index in [2.05, 4.69) is 53.1 Å². The number of hydrogen-bond acceptors (Lipinski definition) is 8. The first-order valence-electron chi connectivity index (χ1n) is 12.9. The van der Waals surface area contributed by atoms with Gasteiger partial charge in [-0.15, -0.1) is 0 Å². The molecular formula is C28H34N6O3S. The number of nitrogens with zero attached hydrogens (tertiary/aromatic N) is 5. The van der Waals surface area contributed by atoms with Gasteiger partial charge in [0.15, 0.2) is 5.82 Å². The number of sulfone groups is 1. The Morgan fingerprint density at radius 1 is 1.13 bits per heavy atom. The lowest BCUT2D eigenvalue weighted by molar-refractivity contribution is -0.124. The maximum Gasteiger partial charge on any atom is 0.257 e. The Kier molecular flexibility index (Phi) is 6.85. The Bertz CT molecular complexity index is 1530. The number of fused-ring (bicyclic) bond motifs is 1. The first-order valence-corrected chi connectivity index (χ1v) is 15.0. The molecule has 2 aliphatic heterocycles. The normalized spacial score (nSPS) is 20.1. The smallest absolute Gasteiger partial charge is 0.257 e. The molecule has 1 fully saturated rings. The largest absolute Gasteiger partial charge is 0.368 e. The molecule has 1 aromatic carbocycles. The molecule has 38 heavy (non-hydrogen) atoms. The van der Waals surface area contributed by atoms with Crippen LogP contribution in [-0.4, -0.2) is 72.4 Å². The molecule has 0 spiro atoms. The summed E-state index contributed by atoms with van der Waals surface area (Å²) in [4.78, 5) is 30.1. The lowest BCUT2D eigenvalue weighted by Gasteiger charge is -2.48. The highest BCUT2D eigenvalue weighted by molar-refractivity contribution is 7.90. The molecule has 0 bridgehead atoms. The van der Waals surface area contributed by atoms with Crippen molar-refractivity contribution in [3.63, 3.8) is 0 Å². The van der Waals surface area contributed by atoms with Gasteiger partial charge in [-0.2, -0.15) is 0 Å². The number of aromatic nitrogens is 3. The van der Waals surface area contributed by atoms with Crippen LogP contribution in [0.1, 0.15) is 44.5 Å². The van der Waals surface area contributed by atoms with E-state index in [0.29, 0.717) is 42.0 Å². The third-order valence-electron chi connectivity index (χ3n) is 7.51. The molecule has 9 nitrogen and oxygen atoms in total. The van der Waals surface area contributed by atoms with Crippen molar-refractivity contribution in [2.75, 3.05) is 42.4 Å². The summed E-state index contributed by atoms with van der Waals surface area (Å²) in [6.45, 7) is 7.81. The number of nitrogens with one attached hydrogen (secondary N) is 1. The maximum absolute atomic E-state index is 12.6. The van der Waals surface area contributed by atoms with Crippen molar-refractivity contribution in [1.82, 2.24) is 19.9 Å². The maximum atomic E-state index is 12.6. The predicted octanol–water partition coefficient (Wildman–Crippen LogP) is 4.01. The fourth-order valence-electron chi connectivity index (χ4n) is 5.33. The van der Waals surface area contributed by atoms with Crippen LogP contribution in [-0.2, 0) is 14.6 Å². The van der Waals surface area contributed by atoms with Crippen LogP contribution < -0.4 is 10.2 Å². The van der Waals surface area contributed by atoms with Crippen molar-refractivity contribution < 1.29 is 13.2 Å². The molecule has 1 saturated heterocycles. The number of pyridine rings is 1. The molecule has 3 aromatic rings. The molecule has 2 aliphatic rings. The Morgan fingerprint density at radius 2 is 1.92 bits per heavy atom. The lowest BCUT2D eigenvalue weighted by Crippen LogP contribution is -2.57. The van der Waals surface area contributed by atoms with E-state index in [-0.39, 0.29) is 23.6 Å². The topological polar surface area (TPSA) is 108 Å². The van der Waals surface area contributed by atoms with Crippen molar-refractivity contribution in [2.45, 2.75) is 39.2 Å². The molecule has 2 aromatic heterocycles. The molecule has 1 N–H and O–H groups in total. The fourth-order valence-corrected chi connectivity index (χ4v) is 6.49. The molecule has 5 rings (SSSR count). The number of anilines is 3. The van der Waals surface area contributed by atoms with Crippen LogP contribution in [0.2, 0.25) is 0 Å². The molecule has 1 amide bonds. The Morgan fingerprint density at radius 3 is 2.63 bits per heavy atom. The minimum absolute atomic E-state index is 0.0784. The molecule has 0 aliphatic carbocycles. The monoisotopic (exact) mass is 534 g/mol. The molecule has 0 saturated carbocycles. The van der Waals surface area contributed by atoms with Gasteiger partial charge in [-0.3, -0.25) is 4.79 Å². The van der Waals surface area contributed by atoms with Gasteiger partial charge in [0, 0.05) is 61.8 Å². The van der Waals surface area contributed by atoms with E-state index in [1.165, 1.54) is 11.8 Å². The average molecular weight is 535 g/mol. The second-order valence-corrected chi connectivity index (χ2v) is 12.9. The highest BCUT2D eigenvalue weighted by atomic mass is 32.2. The summed E-state index contributed by atoms with van der Waals surface area (Å²) in [6, 6.07) is 8.21. The molecule has 200 valence electrons. The van der Waals surface area contributed by atoms with E-state index < -0.39 is 9.84 Å². The van der Waals surface area contributed by atoms with Gasteiger partial charge in [-0.25, -0.2) is 23.4 Å². The summed E-state index contributed by atoms with van der Waals surface area (Å²) in [5, 5.41) is 5.42. The highest BCUT2D eigenvalue weighted by Crippen LogP contribution is 2.39. The first kappa shape index (κ1) is 26.1. The summed E-state index contributed by atoms with van der Waals surface area (Å²) in [6.07, 6.45) is 7.49. The predicted molar refractivity (Wildman–Crippen MR) is 151 cm³/mol. The van der Waals surface area contributed by atoms with Gasteiger partial charge in [0.25, 0.3) is 5.91 Å². The van der Waals surface area contributed by atoms with Crippen LogP contribution in [0.5, 0.6) is 0 Å². The van der Waals surface area contributed by atoms with Crippen molar-refractivity contribution in [3.8, 4) is 0 Å². The zero-order chi connectivity index (χ0) is 27.2. The van der Waals surface area contributed by atoms with Crippen LogP contribution in [0, 0.1) is 5.92 Å². The van der Waals surface area contributed by atoms with E-state index in [9.17, 15) is 13.2 Å². The summed E-state index contributed by atoms with van der Waals surface area (Å²) in [5.41, 5.74) is 2.79. The highest BCUT2D eigenvalue weighted by Gasteiger charge is 2.38. The number of benzene rings is 1. The summed E-state index contributed by atoms with van der Waals surface area (Å²) in [5.74, 6) is 2.16. The summed E-state index contributed by atoms with van der Waals surface area (Å²) in [7, 11) is -1.24. The number of hydrogen-bond donors (Lipinski definition) is 1. The molecule has 0 radical (unpaired) electrons. The van der Waals surface area contributed by atoms with Gasteiger partial charge in [-0.05, 0) is 48.4 Å². The number of rotatable bonds is 7. The lowest BCUT2D eigenvalue weighted by atomic mass is 9.88. The van der Waals surface area contributed by atoms with Gasteiger partial charge >= 0.3 is 0 Å². The van der Waals surface area contributed by atoms with Crippen LogP contribution in [0.25, 0.3) is 16.3 Å². The number of likely N-dealkylation sites (N-methyl/N-ethyl adjacent to an activating group) is 1. The SMILES string of the molecule is CC(C)c1ccc(N2C[C@H](CS(C)(=O)=O)[C@H]2C)c2cnc(Nc3ccnc(C4=CCCN(C)C4=O)n3)cc12. The Balaban J connectivity index is 1.45. The second-order valence-electron chi connectivity index (χ2n) is 10.7. The minimum atomic E-state index is -3.02. The van der Waals surface area contributed by atoms with Crippen molar-refractivity contribution in [1.29, 1.82) is 0 Å². The van der Waals surface area contributed by atoms with Gasteiger partial charge in [-0.1, -0.05) is 26.0 Å². The van der Waals surface area contributed by atoms with Crippen molar-refractivity contribution >= 4 is 49.4 Å². The minimum Gasteiger partial charge on any atom is -0.368 e. The number of carbonyl (C=O) groups is 1. The third kappa shape index (κ3) is 5.09. The number of carbonyl (C=O) groups excluding carboxylic acids is 1. The van der Waals surface area contributed by atoms with E-state index in [1.807, 2.05) is 18.3 Å². The quantitative estimate of drug-likeness (QED) is 0.485. The summed E-state index contributed by atoms with van der Waals surface area (Å²) < 4.78 is 23.6. The molecule has 0 unspecified atom stereocenters. The van der Waals surface area contributed by atoms with Crippen LogP contribution >= 0.6 is 0 Å². The summed E-state index contributed by atoms with van der Waals surface area (Å²) >= 11 is 0. The van der Waals surface area contributed by atoms with Crippen LogP contribution in [0.15, 0.2) is 42.7 Å². The van der Waals surface area contributed by atoms with Crippen molar-refractivity contribution in [3.05, 3.63) is 54.1 Å². The van der Waals surface area contributed by atoms with E-state index in [0.717, 1.165) is 22.9 Å². The fraction of sp³-hybridized carbons (Fsp3) is 0.429. The van der Waals surface area contributed by atoms with Gasteiger partial charge in [0.05, 0.1) is 11.3 Å². The second kappa shape index (κ2) is 9.98. The molecule has 4 heterocycles. The third-order valence-corrected chi connectivity index (χ3v) is 8.54. The first-order chi connectivity index (χ1) is 18.0. The zero-order valence-corrected chi connectivity index (χ0v) is 23.3. The van der Waals surface area contributed by atoms with Crippen molar-refractivity contribution in [2.24, 2.45) is 5.92 Å². The average Bonchev–Trinajstić information content (AvgIpc) is 2.86. The number of amides is 1. The van der Waals surface area contributed by atoms with Crippen LogP contribution in [0.3, 0.4) is 0 Å². The Hall–Kier alpha value is -3.53. The van der Waals surface area contributed by atoms with Crippen LogP contribution in [0.4, 0.5) is 17.3 Å².